The highest BCUT2D eigenvalue weighted by atomic mass is 16.3. The maximum atomic E-state index is 14.0. The number of aromatic nitrogens is 3. The topological polar surface area (TPSA) is 68.0 Å². The van der Waals surface area contributed by atoms with Gasteiger partial charge in [-0.2, -0.15) is 0 Å². The molecule has 4 aliphatic carbocycles. The minimum absolute atomic E-state index is 0.103. The van der Waals surface area contributed by atoms with Gasteiger partial charge in [-0.15, -0.1) is 5.10 Å². The van der Waals surface area contributed by atoms with Gasteiger partial charge in [-0.1, -0.05) is 31.2 Å². The molecule has 0 unspecified atom stereocenters. The normalized spacial score (nSPS) is 44.8. The van der Waals surface area contributed by atoms with Gasteiger partial charge in [0.1, 0.15) is 11.6 Å². The fourth-order valence-electron chi connectivity index (χ4n) is 9.48. The predicted octanol–water partition coefficient (Wildman–Crippen LogP) is 5.97. The van der Waals surface area contributed by atoms with E-state index in [1.54, 1.807) is 0 Å². The van der Waals surface area contributed by atoms with Crippen molar-refractivity contribution in [1.82, 2.24) is 15.0 Å². The predicted molar refractivity (Wildman–Crippen MR) is 133 cm³/mol. The number of aliphatic hydroxyl groups is 1. The van der Waals surface area contributed by atoms with Crippen molar-refractivity contribution in [2.45, 2.75) is 97.1 Å². The second kappa shape index (κ2) is 7.62. The summed E-state index contributed by atoms with van der Waals surface area (Å²) in [6.45, 7) is 9.05. The molecule has 1 N–H and O–H groups in total. The summed E-state index contributed by atoms with van der Waals surface area (Å²) < 4.78 is 1.85. The van der Waals surface area contributed by atoms with Gasteiger partial charge >= 0.3 is 0 Å². The summed E-state index contributed by atoms with van der Waals surface area (Å²) >= 11 is 0. The van der Waals surface area contributed by atoms with Crippen LogP contribution in [0.25, 0.3) is 11.0 Å². The Morgan fingerprint density at radius 1 is 1.00 bits per heavy atom. The zero-order chi connectivity index (χ0) is 23.9. The fourth-order valence-corrected chi connectivity index (χ4v) is 9.48. The van der Waals surface area contributed by atoms with Crippen LogP contribution in [-0.2, 0) is 4.79 Å². The summed E-state index contributed by atoms with van der Waals surface area (Å²) in [5.74, 6) is 3.28. The van der Waals surface area contributed by atoms with E-state index in [-0.39, 0.29) is 17.4 Å². The van der Waals surface area contributed by atoms with Crippen LogP contribution < -0.4 is 0 Å². The molecule has 0 saturated heterocycles. The number of ketones is 1. The minimum Gasteiger partial charge on any atom is -0.390 e. The minimum atomic E-state index is -0.479. The Balaban J connectivity index is 1.25. The molecule has 0 amide bonds. The van der Waals surface area contributed by atoms with Crippen molar-refractivity contribution in [1.29, 1.82) is 0 Å². The van der Waals surface area contributed by atoms with Crippen LogP contribution in [0, 0.1) is 40.4 Å². The smallest absolute Gasteiger partial charge is 0.160 e. The van der Waals surface area contributed by atoms with E-state index in [2.05, 4.69) is 24.2 Å². The maximum absolute atomic E-state index is 14.0. The van der Waals surface area contributed by atoms with Crippen LogP contribution in [-0.4, -0.2) is 31.5 Å². The van der Waals surface area contributed by atoms with Crippen molar-refractivity contribution >= 4 is 16.8 Å². The SMILES string of the molecule is C[C@H](C(=O)[C@H]1CC[C@H]2[C@@H]3CC[C@H]4C[C@](C)(O)CC[C@]4(C)[C@H]3CC[C@]12C)n1nnc2ccccc21. The van der Waals surface area contributed by atoms with Crippen molar-refractivity contribution in [2.75, 3.05) is 0 Å². The average molecular weight is 464 g/mol. The molecule has 4 saturated carbocycles. The van der Waals surface area contributed by atoms with Crippen molar-refractivity contribution < 1.29 is 9.90 Å². The highest BCUT2D eigenvalue weighted by Gasteiger charge is 2.62. The molecule has 4 aliphatic rings. The lowest BCUT2D eigenvalue weighted by atomic mass is 9.44. The number of carbonyl (C=O) groups is 1. The van der Waals surface area contributed by atoms with Crippen molar-refractivity contribution in [3.05, 3.63) is 24.3 Å². The van der Waals surface area contributed by atoms with Crippen LogP contribution in [0.5, 0.6) is 0 Å². The van der Waals surface area contributed by atoms with Crippen LogP contribution in [0.15, 0.2) is 24.3 Å². The molecule has 1 heterocycles. The van der Waals surface area contributed by atoms with Crippen LogP contribution >= 0.6 is 0 Å². The molecule has 5 heteroatoms. The first-order valence-electron chi connectivity index (χ1n) is 13.7. The molecule has 0 spiro atoms. The molecule has 184 valence electrons. The van der Waals surface area contributed by atoms with Gasteiger partial charge in [0, 0.05) is 5.92 Å². The quantitative estimate of drug-likeness (QED) is 0.609. The Morgan fingerprint density at radius 2 is 1.76 bits per heavy atom. The Hall–Kier alpha value is -1.75. The van der Waals surface area contributed by atoms with Crippen molar-refractivity contribution in [3.63, 3.8) is 0 Å². The van der Waals surface area contributed by atoms with Crippen LogP contribution in [0.4, 0.5) is 0 Å². The molecular formula is C29H41N3O2. The fraction of sp³-hybridized carbons (Fsp3) is 0.759. The standard InChI is InChI=1S/C29H41N3O2/c1-18(32-25-8-6-5-7-24(25)30-31-32)26(33)23-12-11-21-20-10-9-19-17-27(2,34)15-16-28(19,3)22(20)13-14-29(21,23)4/h5-8,18-23,34H,9-17H2,1-4H3/t18-,19+,20+,21+,22+,23-,27-,28+,29+/m1/s1. The first-order valence-corrected chi connectivity index (χ1v) is 13.7. The zero-order valence-corrected chi connectivity index (χ0v) is 21.3. The maximum Gasteiger partial charge on any atom is 0.160 e. The lowest BCUT2D eigenvalue weighted by Gasteiger charge is -2.61. The molecule has 9 atom stereocenters. The van der Waals surface area contributed by atoms with E-state index >= 15 is 0 Å². The van der Waals surface area contributed by atoms with E-state index in [9.17, 15) is 9.90 Å². The third-order valence-electron chi connectivity index (χ3n) is 11.5. The van der Waals surface area contributed by atoms with Crippen LogP contribution in [0.1, 0.15) is 91.5 Å². The molecule has 0 radical (unpaired) electrons. The van der Waals surface area contributed by atoms with Gasteiger partial charge < -0.3 is 5.11 Å². The van der Waals surface area contributed by atoms with E-state index < -0.39 is 5.60 Å². The number of Topliss-reactive ketones (excluding diaryl/α,β-unsaturated/α-hetero) is 1. The number of carbonyl (C=O) groups excluding carboxylic acids is 1. The largest absolute Gasteiger partial charge is 0.390 e. The summed E-state index contributed by atoms with van der Waals surface area (Å²) in [6.07, 6.45) is 10.2. The Morgan fingerprint density at radius 3 is 2.59 bits per heavy atom. The van der Waals surface area contributed by atoms with E-state index in [4.69, 9.17) is 0 Å². The molecule has 1 aromatic heterocycles. The number of benzene rings is 1. The molecule has 34 heavy (non-hydrogen) atoms. The highest BCUT2D eigenvalue weighted by molar-refractivity contribution is 5.87. The van der Waals surface area contributed by atoms with Crippen molar-refractivity contribution in [2.24, 2.45) is 40.4 Å². The molecule has 0 bridgehead atoms. The first kappa shape index (κ1) is 22.7. The lowest BCUT2D eigenvalue weighted by molar-refractivity contribution is -0.151. The molecule has 2 aromatic rings. The number of fused-ring (bicyclic) bond motifs is 6. The summed E-state index contributed by atoms with van der Waals surface area (Å²) in [7, 11) is 0. The first-order chi connectivity index (χ1) is 16.1. The average Bonchev–Trinajstić information content (AvgIpc) is 3.39. The van der Waals surface area contributed by atoms with Gasteiger partial charge in [-0.25, -0.2) is 4.68 Å². The molecule has 5 nitrogen and oxygen atoms in total. The lowest BCUT2D eigenvalue weighted by Crippen LogP contribution is -2.55. The molecular weight excluding hydrogens is 422 g/mol. The summed E-state index contributed by atoms with van der Waals surface area (Å²) in [6, 6.07) is 7.67. The highest BCUT2D eigenvalue weighted by Crippen LogP contribution is 2.68. The van der Waals surface area contributed by atoms with Gasteiger partial charge in [0.2, 0.25) is 0 Å². The number of para-hydroxylation sites is 1. The summed E-state index contributed by atoms with van der Waals surface area (Å²) in [4.78, 5) is 14.0. The van der Waals surface area contributed by atoms with Crippen LogP contribution in [0.3, 0.4) is 0 Å². The Labute approximate surface area is 203 Å². The molecule has 4 fully saturated rings. The van der Waals surface area contributed by atoms with Crippen LogP contribution in [0.2, 0.25) is 0 Å². The Bertz CT molecular complexity index is 1110. The molecule has 1 aromatic carbocycles. The van der Waals surface area contributed by atoms with E-state index in [0.717, 1.165) is 48.6 Å². The third-order valence-corrected chi connectivity index (χ3v) is 11.5. The third kappa shape index (κ3) is 3.18. The van der Waals surface area contributed by atoms with Gasteiger partial charge in [-0.05, 0) is 118 Å². The Kier molecular flexibility index (Phi) is 5.09. The summed E-state index contributed by atoms with van der Waals surface area (Å²) in [5.41, 5.74) is 1.79. The van der Waals surface area contributed by atoms with Gasteiger partial charge in [-0.3, -0.25) is 4.79 Å². The van der Waals surface area contributed by atoms with E-state index in [1.807, 2.05) is 42.8 Å². The molecule has 6 rings (SSSR count). The van der Waals surface area contributed by atoms with Crippen molar-refractivity contribution in [3.8, 4) is 0 Å². The number of hydrogen-bond acceptors (Lipinski definition) is 4. The monoisotopic (exact) mass is 463 g/mol. The van der Waals surface area contributed by atoms with Gasteiger partial charge in [0.05, 0.1) is 11.1 Å². The van der Waals surface area contributed by atoms with E-state index in [1.165, 1.54) is 32.1 Å². The number of hydrogen-bond donors (Lipinski definition) is 1. The molecule has 0 aliphatic heterocycles. The zero-order valence-electron chi connectivity index (χ0n) is 21.3. The second-order valence-electron chi connectivity index (χ2n) is 13.1. The number of rotatable bonds is 3. The second-order valence-corrected chi connectivity index (χ2v) is 13.1. The van der Waals surface area contributed by atoms with Gasteiger partial charge in [0.15, 0.2) is 5.78 Å². The van der Waals surface area contributed by atoms with Gasteiger partial charge in [0.25, 0.3) is 0 Å². The number of nitrogens with zero attached hydrogens (tertiary/aromatic N) is 3. The van der Waals surface area contributed by atoms with E-state index in [0.29, 0.717) is 23.0 Å². The summed E-state index contributed by atoms with van der Waals surface area (Å²) in [5, 5.41) is 19.4.